The maximum absolute atomic E-state index is 11.3. The predicted octanol–water partition coefficient (Wildman–Crippen LogP) is 3.94. The molecule has 0 aliphatic carbocycles. The van der Waals surface area contributed by atoms with Crippen LogP contribution >= 0.6 is 12.2 Å². The first-order valence-corrected chi connectivity index (χ1v) is 9.03. The van der Waals surface area contributed by atoms with Crippen LogP contribution < -0.4 is 9.47 Å². The van der Waals surface area contributed by atoms with E-state index in [1.165, 1.54) is 10.7 Å². The molecule has 0 spiro atoms. The molecule has 0 radical (unpaired) electrons. The molecule has 0 atom stereocenters. The molecule has 1 N–H and O–H groups in total. The monoisotopic (exact) mass is 413 g/mol. The zero-order valence-corrected chi connectivity index (χ0v) is 16.9. The molecule has 1 heterocycles. The van der Waals surface area contributed by atoms with E-state index in [4.69, 9.17) is 21.7 Å². The first-order chi connectivity index (χ1) is 13.9. The van der Waals surface area contributed by atoms with E-state index in [9.17, 15) is 10.1 Å². The normalized spacial score (nSPS) is 11.0. The summed E-state index contributed by atoms with van der Waals surface area (Å²) in [5.74, 6) is 1.44. The van der Waals surface area contributed by atoms with Crippen molar-refractivity contribution >= 4 is 24.1 Å². The molecular formula is C19H19N5O4S. The van der Waals surface area contributed by atoms with Gasteiger partial charge in [-0.05, 0) is 61.5 Å². The number of aromatic amines is 1. The van der Waals surface area contributed by atoms with E-state index in [0.29, 0.717) is 16.3 Å². The smallest absolute Gasteiger partial charge is 0.311 e. The number of methoxy groups -OCH3 is 1. The van der Waals surface area contributed by atoms with Gasteiger partial charge >= 0.3 is 5.69 Å². The zero-order chi connectivity index (χ0) is 21.0. The summed E-state index contributed by atoms with van der Waals surface area (Å²) in [5, 5.41) is 22.3. The second kappa shape index (κ2) is 8.65. The van der Waals surface area contributed by atoms with Crippen LogP contribution in [0.5, 0.6) is 11.5 Å². The lowest BCUT2D eigenvalue weighted by Crippen LogP contribution is -2.02. The molecule has 3 rings (SSSR count). The third-order valence-corrected chi connectivity index (χ3v) is 4.40. The Hall–Kier alpha value is -3.53. The van der Waals surface area contributed by atoms with Gasteiger partial charge in [-0.1, -0.05) is 6.07 Å². The SMILES string of the molecule is COc1ccc(/C=N\n2c(C)n[nH]c2=S)cc1COc1ccc(C)cc1[N+](=O)[O-]. The topological polar surface area (TPSA) is 108 Å². The Morgan fingerprint density at radius 2 is 2.03 bits per heavy atom. The van der Waals surface area contributed by atoms with Crippen molar-refractivity contribution in [1.82, 2.24) is 14.9 Å². The lowest BCUT2D eigenvalue weighted by molar-refractivity contribution is -0.386. The van der Waals surface area contributed by atoms with Crippen molar-refractivity contribution in [2.75, 3.05) is 7.11 Å². The number of nitro groups is 1. The highest BCUT2D eigenvalue weighted by Crippen LogP contribution is 2.29. The highest BCUT2D eigenvalue weighted by atomic mass is 32.1. The summed E-state index contributed by atoms with van der Waals surface area (Å²) < 4.78 is 13.0. The van der Waals surface area contributed by atoms with E-state index in [0.717, 1.165) is 16.7 Å². The van der Waals surface area contributed by atoms with Gasteiger partial charge in [0.15, 0.2) is 5.75 Å². The molecule has 9 nitrogen and oxygen atoms in total. The number of nitrogens with zero attached hydrogens (tertiary/aromatic N) is 4. The fourth-order valence-corrected chi connectivity index (χ4v) is 2.89. The van der Waals surface area contributed by atoms with E-state index in [-0.39, 0.29) is 18.0 Å². The Bertz CT molecular complexity index is 1140. The fourth-order valence-electron chi connectivity index (χ4n) is 2.67. The molecule has 2 aromatic carbocycles. The highest BCUT2D eigenvalue weighted by Gasteiger charge is 2.16. The van der Waals surface area contributed by atoms with Gasteiger partial charge in [-0.3, -0.25) is 15.2 Å². The summed E-state index contributed by atoms with van der Waals surface area (Å²) in [5.41, 5.74) is 2.21. The number of nitro benzene ring substituents is 1. The molecule has 150 valence electrons. The quantitative estimate of drug-likeness (QED) is 0.272. The number of rotatable bonds is 7. The molecule has 0 unspecified atom stereocenters. The van der Waals surface area contributed by atoms with Crippen molar-refractivity contribution in [3.05, 3.63) is 73.8 Å². The standard InChI is InChI=1S/C19H19N5O4S/c1-12-4-6-18(16(8-12)24(25)26)28-11-15-9-14(5-7-17(15)27-3)10-20-23-13(2)21-22-19(23)29/h4-10H,11H2,1-3H3,(H,22,29)/b20-10-. The third kappa shape index (κ3) is 4.66. The molecule has 3 aromatic rings. The van der Waals surface area contributed by atoms with E-state index >= 15 is 0 Å². The minimum absolute atomic E-state index is 0.0773. The summed E-state index contributed by atoms with van der Waals surface area (Å²) in [6, 6.07) is 10.3. The second-order valence-electron chi connectivity index (χ2n) is 6.22. The average molecular weight is 413 g/mol. The molecule has 29 heavy (non-hydrogen) atoms. The summed E-state index contributed by atoms with van der Waals surface area (Å²) in [6.07, 6.45) is 1.63. The minimum atomic E-state index is -0.459. The van der Waals surface area contributed by atoms with Crippen LogP contribution in [0.3, 0.4) is 0 Å². The van der Waals surface area contributed by atoms with E-state index in [2.05, 4.69) is 15.3 Å². The molecule has 0 aliphatic rings. The van der Waals surface area contributed by atoms with Crippen LogP contribution in [0.4, 0.5) is 5.69 Å². The third-order valence-electron chi connectivity index (χ3n) is 4.13. The Labute approximate surface area is 171 Å². The Morgan fingerprint density at radius 3 is 2.69 bits per heavy atom. The van der Waals surface area contributed by atoms with Crippen molar-refractivity contribution < 1.29 is 14.4 Å². The van der Waals surface area contributed by atoms with Crippen molar-refractivity contribution in [2.45, 2.75) is 20.5 Å². The van der Waals surface area contributed by atoms with Gasteiger partial charge in [0.05, 0.1) is 18.2 Å². The van der Waals surface area contributed by atoms with Crippen molar-refractivity contribution in [3.8, 4) is 11.5 Å². The Balaban J connectivity index is 1.85. The maximum Gasteiger partial charge on any atom is 0.311 e. The summed E-state index contributed by atoms with van der Waals surface area (Å²) in [4.78, 5) is 10.8. The van der Waals surface area contributed by atoms with Gasteiger partial charge in [-0.2, -0.15) is 14.9 Å². The van der Waals surface area contributed by atoms with E-state index < -0.39 is 4.92 Å². The van der Waals surface area contributed by atoms with Crippen LogP contribution in [0, 0.1) is 28.7 Å². The number of hydrogen-bond acceptors (Lipinski definition) is 7. The van der Waals surface area contributed by atoms with E-state index in [1.807, 2.05) is 12.1 Å². The van der Waals surface area contributed by atoms with Gasteiger partial charge in [0.25, 0.3) is 0 Å². The number of ether oxygens (including phenoxy) is 2. The number of aryl methyl sites for hydroxylation is 2. The summed E-state index contributed by atoms with van der Waals surface area (Å²) >= 11 is 5.13. The van der Waals surface area contributed by atoms with Gasteiger partial charge in [-0.25, -0.2) is 0 Å². The van der Waals surface area contributed by atoms with Gasteiger partial charge < -0.3 is 9.47 Å². The van der Waals surface area contributed by atoms with Crippen molar-refractivity contribution in [3.63, 3.8) is 0 Å². The number of nitrogens with one attached hydrogen (secondary N) is 1. The Kier molecular flexibility index (Phi) is 6.03. The molecule has 0 saturated carbocycles. The number of H-pyrrole nitrogens is 1. The highest BCUT2D eigenvalue weighted by molar-refractivity contribution is 7.71. The van der Waals surface area contributed by atoms with Crippen molar-refractivity contribution in [2.24, 2.45) is 5.10 Å². The van der Waals surface area contributed by atoms with Crippen LogP contribution in [-0.4, -0.2) is 33.1 Å². The molecule has 0 amide bonds. The van der Waals surface area contributed by atoms with Gasteiger partial charge in [-0.15, -0.1) is 0 Å². The van der Waals surface area contributed by atoms with Gasteiger partial charge in [0.1, 0.15) is 18.2 Å². The van der Waals surface area contributed by atoms with Crippen LogP contribution in [0.15, 0.2) is 41.5 Å². The maximum atomic E-state index is 11.3. The van der Waals surface area contributed by atoms with Crippen LogP contribution in [0.25, 0.3) is 0 Å². The molecule has 0 saturated heterocycles. The number of benzene rings is 2. The summed E-state index contributed by atoms with van der Waals surface area (Å²) in [6.45, 7) is 3.67. The molecule has 1 aromatic heterocycles. The largest absolute Gasteiger partial charge is 0.496 e. The minimum Gasteiger partial charge on any atom is -0.496 e. The van der Waals surface area contributed by atoms with Crippen LogP contribution in [0.1, 0.15) is 22.5 Å². The molecule has 0 bridgehead atoms. The molecular weight excluding hydrogens is 394 g/mol. The lowest BCUT2D eigenvalue weighted by Gasteiger charge is -2.11. The van der Waals surface area contributed by atoms with Gasteiger partial charge in [0.2, 0.25) is 4.77 Å². The summed E-state index contributed by atoms with van der Waals surface area (Å²) in [7, 11) is 1.55. The average Bonchev–Trinajstić information content (AvgIpc) is 3.02. The molecule has 10 heteroatoms. The first kappa shape index (κ1) is 20.2. The van der Waals surface area contributed by atoms with Crippen molar-refractivity contribution in [1.29, 1.82) is 0 Å². The first-order valence-electron chi connectivity index (χ1n) is 8.62. The number of hydrogen-bond donors (Lipinski definition) is 1. The fraction of sp³-hybridized carbons (Fsp3) is 0.211. The Morgan fingerprint density at radius 1 is 1.28 bits per heavy atom. The van der Waals surface area contributed by atoms with Crippen LogP contribution in [0.2, 0.25) is 0 Å². The molecule has 0 aliphatic heterocycles. The van der Waals surface area contributed by atoms with Crippen LogP contribution in [-0.2, 0) is 6.61 Å². The second-order valence-corrected chi connectivity index (χ2v) is 6.61. The van der Waals surface area contributed by atoms with Gasteiger partial charge in [0, 0.05) is 11.6 Å². The predicted molar refractivity (Wildman–Crippen MR) is 110 cm³/mol. The lowest BCUT2D eigenvalue weighted by atomic mass is 10.1. The molecule has 0 fully saturated rings. The zero-order valence-electron chi connectivity index (χ0n) is 16.1. The number of aromatic nitrogens is 3. The van der Waals surface area contributed by atoms with E-state index in [1.54, 1.807) is 45.4 Å².